The van der Waals surface area contributed by atoms with Crippen LogP contribution in [-0.2, 0) is 16.6 Å². The van der Waals surface area contributed by atoms with Crippen LogP contribution < -0.4 is 0 Å². The smallest absolute Gasteiger partial charge is 0.328 e. The molecule has 0 heterocycles. The molecule has 166 valence electrons. The number of benzene rings is 2. The van der Waals surface area contributed by atoms with Crippen molar-refractivity contribution in [1.29, 1.82) is 0 Å². The number of allylic oxidation sites excluding steroid dienone is 6. The van der Waals surface area contributed by atoms with Crippen molar-refractivity contribution in [3.63, 3.8) is 0 Å². The minimum absolute atomic E-state index is 0.0709. The minimum atomic E-state index is -0.923. The van der Waals surface area contributed by atoms with Crippen molar-refractivity contribution in [1.82, 2.24) is 0 Å². The molecule has 2 nitrogen and oxygen atoms in total. The quantitative estimate of drug-likeness (QED) is 0.380. The number of hydrogen-bond acceptors (Lipinski definition) is 1. The van der Waals surface area contributed by atoms with Crippen LogP contribution >= 0.6 is 0 Å². The van der Waals surface area contributed by atoms with E-state index in [-0.39, 0.29) is 5.41 Å². The number of aliphatic carboxylic acids is 1. The largest absolute Gasteiger partial charge is 0.478 e. The highest BCUT2D eigenvalue weighted by Gasteiger charge is 2.31. The second-order valence-electron chi connectivity index (χ2n) is 9.38. The fraction of sp³-hybridized carbons (Fsp3) is 0.300. The molecule has 0 spiro atoms. The van der Waals surface area contributed by atoms with Crippen LogP contribution in [0.2, 0.25) is 0 Å². The van der Waals surface area contributed by atoms with Gasteiger partial charge in [0.05, 0.1) is 0 Å². The summed E-state index contributed by atoms with van der Waals surface area (Å²) in [6.45, 7) is 12.9. The standard InChI is InChI=1S/C30H34O2/c1-7-23-15-16-26-29(28(23)22(4)10-8-9-21(3)19-27(31)32)25(17-18-30(26,5)6)24-13-11-20(2)12-14-24/h8-17,19H,7,18H2,1-6H3,(H,31,32)/b9-8+,21-19+,22-10+. The molecule has 0 bridgehead atoms. The topological polar surface area (TPSA) is 37.3 Å². The lowest BCUT2D eigenvalue weighted by Crippen LogP contribution is -2.23. The molecule has 0 saturated heterocycles. The molecule has 0 saturated carbocycles. The zero-order valence-corrected chi connectivity index (χ0v) is 20.1. The van der Waals surface area contributed by atoms with E-state index in [0.29, 0.717) is 5.57 Å². The summed E-state index contributed by atoms with van der Waals surface area (Å²) in [5.74, 6) is -0.923. The SMILES string of the molecule is CCc1ccc2c(c1/C(C)=C/C=C/C(C)=C/C(=O)O)C(c1ccc(C)cc1)=CCC2(C)C. The second-order valence-corrected chi connectivity index (χ2v) is 9.38. The summed E-state index contributed by atoms with van der Waals surface area (Å²) in [6.07, 6.45) is 11.5. The maximum Gasteiger partial charge on any atom is 0.328 e. The van der Waals surface area contributed by atoms with Gasteiger partial charge < -0.3 is 5.11 Å². The van der Waals surface area contributed by atoms with E-state index in [9.17, 15) is 4.79 Å². The van der Waals surface area contributed by atoms with Gasteiger partial charge in [-0.3, -0.25) is 0 Å². The van der Waals surface area contributed by atoms with E-state index in [0.717, 1.165) is 12.8 Å². The van der Waals surface area contributed by atoms with E-state index in [4.69, 9.17) is 5.11 Å². The van der Waals surface area contributed by atoms with E-state index in [1.54, 1.807) is 6.92 Å². The van der Waals surface area contributed by atoms with Gasteiger partial charge in [-0.2, -0.15) is 0 Å². The van der Waals surface area contributed by atoms with Crippen LogP contribution in [0.15, 0.2) is 72.4 Å². The van der Waals surface area contributed by atoms with Crippen LogP contribution in [0.3, 0.4) is 0 Å². The summed E-state index contributed by atoms with van der Waals surface area (Å²) >= 11 is 0. The molecular formula is C30H34O2. The molecule has 1 aliphatic carbocycles. The van der Waals surface area contributed by atoms with Crippen LogP contribution in [-0.4, -0.2) is 11.1 Å². The number of aryl methyl sites for hydroxylation is 2. The van der Waals surface area contributed by atoms with Crippen molar-refractivity contribution in [2.45, 2.75) is 59.8 Å². The highest BCUT2D eigenvalue weighted by molar-refractivity contribution is 5.91. The Morgan fingerprint density at radius 1 is 1.09 bits per heavy atom. The van der Waals surface area contributed by atoms with Gasteiger partial charge >= 0.3 is 5.97 Å². The summed E-state index contributed by atoms with van der Waals surface area (Å²) in [4.78, 5) is 10.9. The average molecular weight is 427 g/mol. The molecular weight excluding hydrogens is 392 g/mol. The first-order valence-corrected chi connectivity index (χ1v) is 11.3. The zero-order valence-electron chi connectivity index (χ0n) is 20.1. The first-order valence-electron chi connectivity index (χ1n) is 11.3. The lowest BCUT2D eigenvalue weighted by atomic mass is 9.69. The fourth-order valence-electron chi connectivity index (χ4n) is 4.47. The summed E-state index contributed by atoms with van der Waals surface area (Å²) < 4.78 is 0. The first-order chi connectivity index (χ1) is 15.1. The van der Waals surface area contributed by atoms with Gasteiger partial charge in [0.1, 0.15) is 0 Å². The lowest BCUT2D eigenvalue weighted by Gasteiger charge is -2.35. The number of fused-ring (bicyclic) bond motifs is 1. The molecule has 2 aromatic rings. The Morgan fingerprint density at radius 3 is 2.41 bits per heavy atom. The number of rotatable bonds is 6. The predicted octanol–water partition coefficient (Wildman–Crippen LogP) is 7.66. The van der Waals surface area contributed by atoms with E-state index in [2.05, 4.69) is 83.2 Å². The van der Waals surface area contributed by atoms with Crippen LogP contribution in [0.4, 0.5) is 0 Å². The fourth-order valence-corrected chi connectivity index (χ4v) is 4.47. The van der Waals surface area contributed by atoms with Gasteiger partial charge in [0, 0.05) is 6.08 Å². The molecule has 0 atom stereocenters. The summed E-state index contributed by atoms with van der Waals surface area (Å²) in [7, 11) is 0. The molecule has 0 aromatic heterocycles. The molecule has 2 heteroatoms. The number of carbonyl (C=O) groups is 1. The molecule has 0 aliphatic heterocycles. The van der Waals surface area contributed by atoms with E-state index >= 15 is 0 Å². The second kappa shape index (κ2) is 9.56. The Balaban J connectivity index is 2.20. The Bertz CT molecular complexity index is 1140. The van der Waals surface area contributed by atoms with Gasteiger partial charge in [0.15, 0.2) is 0 Å². The predicted molar refractivity (Wildman–Crippen MR) is 136 cm³/mol. The van der Waals surface area contributed by atoms with Crippen LogP contribution in [0.25, 0.3) is 11.1 Å². The lowest BCUT2D eigenvalue weighted by molar-refractivity contribution is -0.131. The van der Waals surface area contributed by atoms with E-state index in [1.807, 2.05) is 12.2 Å². The maximum absolute atomic E-state index is 10.9. The van der Waals surface area contributed by atoms with Gasteiger partial charge in [0.25, 0.3) is 0 Å². The molecule has 1 aliphatic rings. The zero-order chi connectivity index (χ0) is 23.5. The number of carboxylic acid groups (broad SMARTS) is 1. The van der Waals surface area contributed by atoms with Crippen molar-refractivity contribution in [3.05, 3.63) is 106 Å². The first kappa shape index (κ1) is 23.5. The third-order valence-electron chi connectivity index (χ3n) is 6.30. The van der Waals surface area contributed by atoms with Gasteiger partial charge in [0.2, 0.25) is 0 Å². The van der Waals surface area contributed by atoms with Crippen molar-refractivity contribution < 1.29 is 9.90 Å². The average Bonchev–Trinajstić information content (AvgIpc) is 2.73. The maximum atomic E-state index is 10.9. The molecule has 0 unspecified atom stereocenters. The molecule has 3 rings (SSSR count). The van der Waals surface area contributed by atoms with E-state index < -0.39 is 5.97 Å². The Kier molecular flexibility index (Phi) is 7.03. The molecule has 1 N–H and O–H groups in total. The molecule has 0 radical (unpaired) electrons. The highest BCUT2D eigenvalue weighted by Crippen LogP contribution is 2.45. The van der Waals surface area contributed by atoms with Crippen molar-refractivity contribution in [2.24, 2.45) is 0 Å². The Morgan fingerprint density at radius 2 is 1.78 bits per heavy atom. The third-order valence-corrected chi connectivity index (χ3v) is 6.30. The van der Waals surface area contributed by atoms with Crippen molar-refractivity contribution >= 4 is 17.1 Å². The van der Waals surface area contributed by atoms with Gasteiger partial charge in [-0.15, -0.1) is 0 Å². The molecule has 32 heavy (non-hydrogen) atoms. The minimum Gasteiger partial charge on any atom is -0.478 e. The van der Waals surface area contributed by atoms with Gasteiger partial charge in [-0.25, -0.2) is 4.79 Å². The van der Waals surface area contributed by atoms with Crippen molar-refractivity contribution in [3.8, 4) is 0 Å². The highest BCUT2D eigenvalue weighted by atomic mass is 16.4. The molecule has 0 fully saturated rings. The van der Waals surface area contributed by atoms with Gasteiger partial charge in [-0.1, -0.05) is 87.0 Å². The Labute approximate surface area is 192 Å². The number of carboxylic acids is 1. The van der Waals surface area contributed by atoms with Gasteiger partial charge in [-0.05, 0) is 83.6 Å². The van der Waals surface area contributed by atoms with E-state index in [1.165, 1.54) is 50.6 Å². The summed E-state index contributed by atoms with van der Waals surface area (Å²) in [6, 6.07) is 13.4. The monoisotopic (exact) mass is 426 g/mol. The summed E-state index contributed by atoms with van der Waals surface area (Å²) in [5, 5.41) is 8.94. The summed E-state index contributed by atoms with van der Waals surface area (Å²) in [5.41, 5.74) is 11.2. The number of hydrogen-bond donors (Lipinski definition) is 1. The Hall–Kier alpha value is -3.13. The normalized spacial score (nSPS) is 16.1. The molecule has 2 aromatic carbocycles. The van der Waals surface area contributed by atoms with Crippen LogP contribution in [0.5, 0.6) is 0 Å². The van der Waals surface area contributed by atoms with Crippen LogP contribution in [0.1, 0.15) is 74.4 Å². The molecule has 0 amide bonds. The van der Waals surface area contributed by atoms with Crippen LogP contribution in [0, 0.1) is 6.92 Å². The third kappa shape index (κ3) is 5.02. The van der Waals surface area contributed by atoms with Crippen molar-refractivity contribution in [2.75, 3.05) is 0 Å².